The lowest BCUT2D eigenvalue weighted by molar-refractivity contribution is 0.0475. The fourth-order valence-corrected chi connectivity index (χ4v) is 2.20. The summed E-state index contributed by atoms with van der Waals surface area (Å²) in [6, 6.07) is 16.6. The molecular weight excluding hydrogens is 264 g/mol. The summed E-state index contributed by atoms with van der Waals surface area (Å²) in [5, 5.41) is 9.69. The minimum Gasteiger partial charge on any atom is -0.457 e. The third kappa shape index (κ3) is 2.63. The minimum atomic E-state index is -0.380. The van der Waals surface area contributed by atoms with Crippen molar-refractivity contribution in [2.75, 3.05) is 0 Å². The standard InChI is InChI=1S/C17H12N2O2/c18-9-12-4-3-5-13(8-12)11-21-17(20)15-10-19-16-7-2-1-6-14(15)16/h1-8,10,19H,11H2. The van der Waals surface area contributed by atoms with Gasteiger partial charge in [0.05, 0.1) is 17.2 Å². The van der Waals surface area contributed by atoms with Gasteiger partial charge in [-0.2, -0.15) is 5.26 Å². The number of nitriles is 1. The molecule has 0 bridgehead atoms. The van der Waals surface area contributed by atoms with Crippen LogP contribution in [0, 0.1) is 11.3 Å². The van der Waals surface area contributed by atoms with Crippen molar-refractivity contribution in [1.82, 2.24) is 4.98 Å². The van der Waals surface area contributed by atoms with E-state index in [0.717, 1.165) is 16.5 Å². The molecule has 0 aliphatic rings. The Balaban J connectivity index is 1.76. The van der Waals surface area contributed by atoms with E-state index in [0.29, 0.717) is 11.1 Å². The molecule has 3 rings (SSSR count). The normalized spacial score (nSPS) is 10.2. The van der Waals surface area contributed by atoms with E-state index in [4.69, 9.17) is 10.00 Å². The van der Waals surface area contributed by atoms with E-state index in [9.17, 15) is 4.79 Å². The van der Waals surface area contributed by atoms with Crippen LogP contribution in [0.25, 0.3) is 10.9 Å². The van der Waals surface area contributed by atoms with Crippen LogP contribution in [0.5, 0.6) is 0 Å². The van der Waals surface area contributed by atoms with Crippen molar-refractivity contribution in [1.29, 1.82) is 5.26 Å². The number of hydrogen-bond acceptors (Lipinski definition) is 3. The maximum Gasteiger partial charge on any atom is 0.340 e. The molecule has 0 unspecified atom stereocenters. The molecule has 0 atom stereocenters. The Morgan fingerprint density at radius 3 is 2.90 bits per heavy atom. The van der Waals surface area contributed by atoms with Gasteiger partial charge in [0.15, 0.2) is 0 Å². The summed E-state index contributed by atoms with van der Waals surface area (Å²) < 4.78 is 5.31. The second-order valence-electron chi connectivity index (χ2n) is 4.64. The average molecular weight is 276 g/mol. The van der Waals surface area contributed by atoms with Crippen molar-refractivity contribution < 1.29 is 9.53 Å². The van der Waals surface area contributed by atoms with Gasteiger partial charge in [0.25, 0.3) is 0 Å². The molecule has 0 aliphatic carbocycles. The van der Waals surface area contributed by atoms with Gasteiger partial charge in [0, 0.05) is 17.1 Å². The quantitative estimate of drug-likeness (QED) is 0.745. The number of aromatic nitrogens is 1. The zero-order valence-electron chi connectivity index (χ0n) is 11.2. The van der Waals surface area contributed by atoms with Crippen LogP contribution in [0.3, 0.4) is 0 Å². The Morgan fingerprint density at radius 1 is 1.19 bits per heavy atom. The molecule has 1 heterocycles. The number of hydrogen-bond donors (Lipinski definition) is 1. The van der Waals surface area contributed by atoms with E-state index >= 15 is 0 Å². The number of esters is 1. The summed E-state index contributed by atoms with van der Waals surface area (Å²) in [5.41, 5.74) is 2.76. The van der Waals surface area contributed by atoms with Gasteiger partial charge in [0.1, 0.15) is 6.61 Å². The molecule has 102 valence electrons. The molecule has 0 spiro atoms. The fourth-order valence-electron chi connectivity index (χ4n) is 2.20. The molecule has 0 aliphatic heterocycles. The Kier molecular flexibility index (Phi) is 3.40. The highest BCUT2D eigenvalue weighted by Gasteiger charge is 2.13. The number of nitrogens with zero attached hydrogens (tertiary/aromatic N) is 1. The molecule has 1 aromatic heterocycles. The van der Waals surface area contributed by atoms with Crippen molar-refractivity contribution in [3.8, 4) is 6.07 Å². The Hall–Kier alpha value is -3.06. The first-order valence-electron chi connectivity index (χ1n) is 6.50. The Labute approximate surface area is 121 Å². The predicted molar refractivity (Wildman–Crippen MR) is 78.6 cm³/mol. The summed E-state index contributed by atoms with van der Waals surface area (Å²) >= 11 is 0. The van der Waals surface area contributed by atoms with E-state index < -0.39 is 0 Å². The van der Waals surface area contributed by atoms with Crippen molar-refractivity contribution in [2.45, 2.75) is 6.61 Å². The molecule has 4 nitrogen and oxygen atoms in total. The molecule has 0 amide bonds. The van der Waals surface area contributed by atoms with Crippen LogP contribution in [0.15, 0.2) is 54.7 Å². The number of carbonyl (C=O) groups is 1. The highest BCUT2D eigenvalue weighted by molar-refractivity contribution is 6.03. The van der Waals surface area contributed by atoms with Gasteiger partial charge in [-0.1, -0.05) is 30.3 Å². The molecule has 0 saturated heterocycles. The highest BCUT2D eigenvalue weighted by atomic mass is 16.5. The van der Waals surface area contributed by atoms with Crippen LogP contribution < -0.4 is 0 Å². The molecule has 2 aromatic carbocycles. The molecule has 1 N–H and O–H groups in total. The first kappa shape index (κ1) is 12.9. The maximum atomic E-state index is 12.1. The molecule has 0 saturated carbocycles. The highest BCUT2D eigenvalue weighted by Crippen LogP contribution is 2.19. The van der Waals surface area contributed by atoms with Gasteiger partial charge in [-0.3, -0.25) is 0 Å². The largest absolute Gasteiger partial charge is 0.457 e. The number of H-pyrrole nitrogens is 1. The van der Waals surface area contributed by atoms with Crippen LogP contribution in [0.4, 0.5) is 0 Å². The van der Waals surface area contributed by atoms with Gasteiger partial charge in [-0.15, -0.1) is 0 Å². The summed E-state index contributed by atoms with van der Waals surface area (Å²) in [4.78, 5) is 15.2. The van der Waals surface area contributed by atoms with Gasteiger partial charge in [0.2, 0.25) is 0 Å². The zero-order valence-corrected chi connectivity index (χ0v) is 11.2. The van der Waals surface area contributed by atoms with E-state index in [1.54, 1.807) is 24.4 Å². The first-order valence-corrected chi connectivity index (χ1v) is 6.50. The number of carbonyl (C=O) groups excluding carboxylic acids is 1. The van der Waals surface area contributed by atoms with Crippen LogP contribution in [-0.2, 0) is 11.3 Å². The van der Waals surface area contributed by atoms with Crippen LogP contribution in [0.1, 0.15) is 21.5 Å². The summed E-state index contributed by atoms with van der Waals surface area (Å²) in [6.07, 6.45) is 1.65. The smallest absolute Gasteiger partial charge is 0.340 e. The first-order chi connectivity index (χ1) is 10.3. The van der Waals surface area contributed by atoms with Gasteiger partial charge < -0.3 is 9.72 Å². The minimum absolute atomic E-state index is 0.147. The molecule has 0 radical (unpaired) electrons. The van der Waals surface area contributed by atoms with E-state index in [-0.39, 0.29) is 12.6 Å². The van der Waals surface area contributed by atoms with Gasteiger partial charge in [-0.25, -0.2) is 4.79 Å². The van der Waals surface area contributed by atoms with Gasteiger partial charge >= 0.3 is 5.97 Å². The molecule has 0 fully saturated rings. The van der Waals surface area contributed by atoms with Crippen molar-refractivity contribution in [3.63, 3.8) is 0 Å². The summed E-state index contributed by atoms with van der Waals surface area (Å²) in [5.74, 6) is -0.380. The topological polar surface area (TPSA) is 65.9 Å². The number of ether oxygens (including phenoxy) is 1. The number of aromatic amines is 1. The lowest BCUT2D eigenvalue weighted by atomic mass is 10.1. The lowest BCUT2D eigenvalue weighted by Crippen LogP contribution is -2.04. The number of nitrogens with one attached hydrogen (secondary N) is 1. The second-order valence-corrected chi connectivity index (χ2v) is 4.64. The summed E-state index contributed by atoms with van der Waals surface area (Å²) in [7, 11) is 0. The van der Waals surface area contributed by atoms with Crippen LogP contribution >= 0.6 is 0 Å². The van der Waals surface area contributed by atoms with E-state index in [2.05, 4.69) is 11.1 Å². The summed E-state index contributed by atoms with van der Waals surface area (Å²) in [6.45, 7) is 0.147. The Bertz CT molecular complexity index is 843. The van der Waals surface area contributed by atoms with Gasteiger partial charge in [-0.05, 0) is 23.8 Å². The fraction of sp³-hybridized carbons (Fsp3) is 0.0588. The number of rotatable bonds is 3. The van der Waals surface area contributed by atoms with E-state index in [1.807, 2.05) is 30.3 Å². The van der Waals surface area contributed by atoms with Crippen LogP contribution in [-0.4, -0.2) is 11.0 Å². The number of benzene rings is 2. The third-order valence-corrected chi connectivity index (χ3v) is 3.24. The van der Waals surface area contributed by atoms with E-state index in [1.165, 1.54) is 0 Å². The average Bonchev–Trinajstić information content (AvgIpc) is 2.97. The SMILES string of the molecule is N#Cc1cccc(COC(=O)c2c[nH]c3ccccc23)c1. The second kappa shape index (κ2) is 5.51. The molecule has 4 heteroatoms. The number of fused-ring (bicyclic) bond motifs is 1. The predicted octanol–water partition coefficient (Wildman–Crippen LogP) is 3.40. The number of para-hydroxylation sites is 1. The van der Waals surface area contributed by atoms with Crippen molar-refractivity contribution in [2.24, 2.45) is 0 Å². The molecule has 3 aromatic rings. The monoisotopic (exact) mass is 276 g/mol. The van der Waals surface area contributed by atoms with Crippen molar-refractivity contribution in [3.05, 3.63) is 71.4 Å². The Morgan fingerprint density at radius 2 is 2.05 bits per heavy atom. The van der Waals surface area contributed by atoms with Crippen molar-refractivity contribution >= 4 is 16.9 Å². The third-order valence-electron chi connectivity index (χ3n) is 3.24. The van der Waals surface area contributed by atoms with Crippen LogP contribution in [0.2, 0.25) is 0 Å². The molecule has 21 heavy (non-hydrogen) atoms. The zero-order chi connectivity index (χ0) is 14.7. The molecular formula is C17H12N2O2. The maximum absolute atomic E-state index is 12.1. The lowest BCUT2D eigenvalue weighted by Gasteiger charge is -2.04.